The third kappa shape index (κ3) is 1.21. The van der Waals surface area contributed by atoms with Crippen molar-refractivity contribution in [3.63, 3.8) is 0 Å². The molecule has 2 nitrogen and oxygen atoms in total. The Balaban J connectivity index is 1.80. The molecule has 4 bridgehead atoms. The summed E-state index contributed by atoms with van der Waals surface area (Å²) in [6.45, 7) is 13.4. The van der Waals surface area contributed by atoms with Crippen molar-refractivity contribution in [1.29, 1.82) is 0 Å². The number of ketones is 2. The summed E-state index contributed by atoms with van der Waals surface area (Å²) < 4.78 is 0. The summed E-state index contributed by atoms with van der Waals surface area (Å²) in [7, 11) is 0. The Morgan fingerprint density at radius 1 is 0.682 bits per heavy atom. The van der Waals surface area contributed by atoms with Crippen LogP contribution in [0.25, 0.3) is 0 Å². The fourth-order valence-corrected chi connectivity index (χ4v) is 7.14. The second-order valence-corrected chi connectivity index (χ2v) is 10.2. The molecule has 0 heterocycles. The smallest absolute Gasteiger partial charge is 0.143 e. The van der Waals surface area contributed by atoms with Gasteiger partial charge in [-0.3, -0.25) is 9.59 Å². The topological polar surface area (TPSA) is 34.1 Å². The first-order valence-electron chi connectivity index (χ1n) is 9.09. The molecule has 2 heteroatoms. The lowest BCUT2D eigenvalue weighted by Crippen LogP contribution is -2.41. The molecule has 0 amide bonds. The van der Waals surface area contributed by atoms with Gasteiger partial charge in [0, 0.05) is 22.7 Å². The van der Waals surface area contributed by atoms with E-state index < -0.39 is 0 Å². The molecule has 0 aromatic rings. The summed E-state index contributed by atoms with van der Waals surface area (Å²) in [5.74, 6) is 1.67. The molecular formula is C20H30O2. The number of carbonyl (C=O) groups excluding carboxylic acids is 2. The predicted molar refractivity (Wildman–Crippen MR) is 86.2 cm³/mol. The molecule has 122 valence electrons. The van der Waals surface area contributed by atoms with Gasteiger partial charge in [-0.2, -0.15) is 0 Å². The van der Waals surface area contributed by atoms with E-state index in [1.165, 1.54) is 0 Å². The Hall–Kier alpha value is -0.660. The Morgan fingerprint density at radius 3 is 1.23 bits per heavy atom. The molecular weight excluding hydrogens is 272 g/mol. The number of rotatable bonds is 1. The highest BCUT2D eigenvalue weighted by Gasteiger charge is 2.74. The Labute approximate surface area is 134 Å². The van der Waals surface area contributed by atoms with E-state index in [0.29, 0.717) is 23.4 Å². The summed E-state index contributed by atoms with van der Waals surface area (Å²) in [4.78, 5) is 26.6. The molecule has 0 radical (unpaired) electrons. The fraction of sp³-hybridized carbons (Fsp3) is 0.900. The molecule has 0 aromatic heterocycles. The normalized spacial score (nSPS) is 54.5. The Kier molecular flexibility index (Phi) is 2.51. The summed E-state index contributed by atoms with van der Waals surface area (Å²) in [5, 5.41) is 0. The molecule has 22 heavy (non-hydrogen) atoms. The van der Waals surface area contributed by atoms with Gasteiger partial charge in [0.1, 0.15) is 11.6 Å². The summed E-state index contributed by atoms with van der Waals surface area (Å²) in [6.07, 6.45) is 4.31. The molecule has 0 aromatic carbocycles. The van der Waals surface area contributed by atoms with E-state index in [2.05, 4.69) is 41.5 Å². The van der Waals surface area contributed by atoms with Crippen LogP contribution in [0.15, 0.2) is 0 Å². The largest absolute Gasteiger partial charge is 0.299 e. The van der Waals surface area contributed by atoms with Gasteiger partial charge in [0.25, 0.3) is 0 Å². The molecule has 4 aliphatic rings. The first-order chi connectivity index (χ1) is 10.00. The minimum Gasteiger partial charge on any atom is -0.299 e. The minimum atomic E-state index is -0.199. The summed E-state index contributed by atoms with van der Waals surface area (Å²) >= 11 is 0. The second kappa shape index (κ2) is 3.70. The van der Waals surface area contributed by atoms with Crippen molar-refractivity contribution < 1.29 is 9.59 Å². The van der Waals surface area contributed by atoms with Crippen LogP contribution >= 0.6 is 0 Å². The fourth-order valence-electron chi connectivity index (χ4n) is 7.14. The van der Waals surface area contributed by atoms with Crippen molar-refractivity contribution in [2.24, 2.45) is 45.3 Å². The second-order valence-electron chi connectivity index (χ2n) is 10.2. The molecule has 0 saturated heterocycles. The quantitative estimate of drug-likeness (QED) is 0.725. The number of hydrogen-bond acceptors (Lipinski definition) is 2. The highest BCUT2D eigenvalue weighted by atomic mass is 16.1. The van der Waals surface area contributed by atoms with Crippen molar-refractivity contribution in [1.82, 2.24) is 0 Å². The summed E-state index contributed by atoms with van der Waals surface area (Å²) in [5.41, 5.74) is -0.283. The Bertz CT molecular complexity index is 535. The highest BCUT2D eigenvalue weighted by molar-refractivity contribution is 6.00. The van der Waals surface area contributed by atoms with Crippen LogP contribution in [-0.4, -0.2) is 11.6 Å². The van der Waals surface area contributed by atoms with E-state index in [-0.39, 0.29) is 33.5 Å². The molecule has 0 aliphatic heterocycles. The van der Waals surface area contributed by atoms with Gasteiger partial charge in [0.15, 0.2) is 0 Å². The maximum atomic E-state index is 13.3. The number of Topliss-reactive ketones (excluding diaryl/α,β-unsaturated/α-hetero) is 2. The van der Waals surface area contributed by atoms with E-state index in [0.717, 1.165) is 25.7 Å². The van der Waals surface area contributed by atoms with Gasteiger partial charge in [-0.1, -0.05) is 41.5 Å². The zero-order chi connectivity index (χ0) is 16.3. The van der Waals surface area contributed by atoms with Gasteiger partial charge >= 0.3 is 0 Å². The zero-order valence-corrected chi connectivity index (χ0v) is 15.0. The third-order valence-electron chi connectivity index (χ3n) is 9.56. The van der Waals surface area contributed by atoms with E-state index in [9.17, 15) is 9.59 Å². The molecule has 4 fully saturated rings. The Morgan fingerprint density at radius 2 is 1.00 bits per heavy atom. The van der Waals surface area contributed by atoms with Crippen LogP contribution < -0.4 is 0 Å². The van der Waals surface area contributed by atoms with Crippen LogP contribution in [0.1, 0.15) is 67.2 Å². The number of carbonyl (C=O) groups is 2. The van der Waals surface area contributed by atoms with Gasteiger partial charge in [0.05, 0.1) is 0 Å². The maximum absolute atomic E-state index is 13.3. The SMILES string of the molecule is CC1(C)[C@@H]2CC[C@]1(C)C(=O)[C@H]2[C@@H]1C(=O)[C@@]2(C)CC[C@H]1C2(C)C. The van der Waals surface area contributed by atoms with Gasteiger partial charge in [-0.05, 0) is 48.3 Å². The lowest BCUT2D eigenvalue weighted by atomic mass is 9.67. The maximum Gasteiger partial charge on any atom is 0.143 e. The van der Waals surface area contributed by atoms with Gasteiger partial charge < -0.3 is 0 Å². The average molecular weight is 302 g/mol. The highest BCUT2D eigenvalue weighted by Crippen LogP contribution is 2.73. The van der Waals surface area contributed by atoms with Crippen molar-refractivity contribution in [3.8, 4) is 0 Å². The van der Waals surface area contributed by atoms with Crippen LogP contribution in [0.3, 0.4) is 0 Å². The van der Waals surface area contributed by atoms with Crippen LogP contribution in [0.5, 0.6) is 0 Å². The van der Waals surface area contributed by atoms with Crippen LogP contribution in [0, 0.1) is 45.3 Å². The van der Waals surface area contributed by atoms with Crippen molar-refractivity contribution in [2.75, 3.05) is 0 Å². The zero-order valence-electron chi connectivity index (χ0n) is 15.0. The predicted octanol–water partition coefficient (Wildman–Crippen LogP) is 4.27. The molecule has 6 atom stereocenters. The van der Waals surface area contributed by atoms with Crippen LogP contribution in [-0.2, 0) is 9.59 Å². The van der Waals surface area contributed by atoms with E-state index in [1.807, 2.05) is 0 Å². The molecule has 4 aliphatic carbocycles. The van der Waals surface area contributed by atoms with Gasteiger partial charge in [-0.15, -0.1) is 0 Å². The first-order valence-corrected chi connectivity index (χ1v) is 9.09. The van der Waals surface area contributed by atoms with Gasteiger partial charge in [0.2, 0.25) is 0 Å². The van der Waals surface area contributed by atoms with Crippen molar-refractivity contribution >= 4 is 11.6 Å². The first kappa shape index (κ1) is 14.9. The van der Waals surface area contributed by atoms with Gasteiger partial charge in [-0.25, -0.2) is 0 Å². The monoisotopic (exact) mass is 302 g/mol. The molecule has 0 spiro atoms. The standard InChI is InChI=1S/C20H30O2/c1-17(2)11-7-9-19(17,5)15(21)13(11)14-12-8-10-20(6,16(14)22)18(12,3)4/h11-14H,7-10H2,1-6H3/t11-,12-,13-,14-,19-,20-/m1/s1. The lowest BCUT2D eigenvalue weighted by molar-refractivity contribution is -0.141. The minimum absolute atomic E-state index is 0.00708. The molecule has 0 N–H and O–H groups in total. The lowest BCUT2D eigenvalue weighted by Gasteiger charge is -2.34. The molecule has 0 unspecified atom stereocenters. The van der Waals surface area contributed by atoms with Crippen molar-refractivity contribution in [2.45, 2.75) is 67.2 Å². The molecule has 4 rings (SSSR count). The third-order valence-corrected chi connectivity index (χ3v) is 9.56. The average Bonchev–Trinajstić information content (AvgIpc) is 2.90. The van der Waals surface area contributed by atoms with Crippen LogP contribution in [0.4, 0.5) is 0 Å². The number of hydrogen-bond donors (Lipinski definition) is 0. The van der Waals surface area contributed by atoms with E-state index in [1.54, 1.807) is 0 Å². The van der Waals surface area contributed by atoms with E-state index >= 15 is 0 Å². The van der Waals surface area contributed by atoms with Crippen molar-refractivity contribution in [3.05, 3.63) is 0 Å². The number of fused-ring (bicyclic) bond motifs is 4. The summed E-state index contributed by atoms with van der Waals surface area (Å²) in [6, 6.07) is 0. The van der Waals surface area contributed by atoms with Crippen LogP contribution in [0.2, 0.25) is 0 Å². The molecule has 4 saturated carbocycles. The van der Waals surface area contributed by atoms with E-state index in [4.69, 9.17) is 0 Å².